The molecule has 0 N–H and O–H groups in total. The Hall–Kier alpha value is -1.51. The summed E-state index contributed by atoms with van der Waals surface area (Å²) in [6.07, 6.45) is 2.42. The molecule has 0 bridgehead atoms. The molecule has 3 aliphatic heterocycles. The number of carbonyl (C=O) groups is 1. The van der Waals surface area contributed by atoms with E-state index in [0.717, 1.165) is 30.8 Å². The molecule has 0 aromatic heterocycles. The number of fused-ring (bicyclic) bond motifs is 5. The smallest absolute Gasteiger partial charge is 0.256 e. The highest BCUT2D eigenvalue weighted by Gasteiger charge is 2.53. The number of hydrogen-bond donors (Lipinski definition) is 0. The van der Waals surface area contributed by atoms with E-state index in [1.54, 1.807) is 0 Å². The largest absolute Gasteiger partial charge is 0.362 e. The van der Waals surface area contributed by atoms with Crippen LogP contribution in [-0.2, 0) is 0 Å². The third-order valence-electron chi connectivity index (χ3n) is 5.34. The first-order valence-electron chi connectivity index (χ1n) is 7.85. The Labute approximate surface area is 120 Å². The monoisotopic (exact) mass is 270 g/mol. The third kappa shape index (κ3) is 1.62. The van der Waals surface area contributed by atoms with Crippen LogP contribution >= 0.6 is 0 Å². The summed E-state index contributed by atoms with van der Waals surface area (Å²) in [5.41, 5.74) is 2.06. The van der Waals surface area contributed by atoms with E-state index in [2.05, 4.69) is 29.7 Å². The number of para-hydroxylation sites is 1. The van der Waals surface area contributed by atoms with Gasteiger partial charge in [-0.15, -0.1) is 0 Å². The quantitative estimate of drug-likeness (QED) is 0.733. The predicted octanol–water partition coefficient (Wildman–Crippen LogP) is 2.77. The molecule has 0 spiro atoms. The van der Waals surface area contributed by atoms with Crippen molar-refractivity contribution in [3.8, 4) is 0 Å². The van der Waals surface area contributed by atoms with Gasteiger partial charge in [-0.1, -0.05) is 26.0 Å². The van der Waals surface area contributed by atoms with E-state index in [0.29, 0.717) is 23.9 Å². The van der Waals surface area contributed by atoms with Crippen LogP contribution in [0.2, 0.25) is 0 Å². The molecule has 0 aliphatic carbocycles. The lowest BCUT2D eigenvalue weighted by molar-refractivity contribution is 0.0432. The Morgan fingerprint density at radius 2 is 2.00 bits per heavy atom. The van der Waals surface area contributed by atoms with Gasteiger partial charge in [0.05, 0.1) is 17.6 Å². The van der Waals surface area contributed by atoms with Gasteiger partial charge in [0.15, 0.2) is 0 Å². The lowest BCUT2D eigenvalue weighted by Gasteiger charge is -2.42. The van der Waals surface area contributed by atoms with Gasteiger partial charge in [0.1, 0.15) is 0 Å². The summed E-state index contributed by atoms with van der Waals surface area (Å²) in [5.74, 6) is 1.56. The summed E-state index contributed by atoms with van der Waals surface area (Å²) in [7, 11) is 0. The van der Waals surface area contributed by atoms with E-state index in [-0.39, 0.29) is 5.91 Å². The standard InChI is InChI=1S/C17H22N2O/c1-11(2)12-7-5-9-18-16(12)15-10-19(15)14-8-4-3-6-13(14)17(18)20/h3-4,6,8,11-12,15-16H,5,7,9-10H2,1-2H3/t12-,15+,16-,19?/m0/s1. The molecule has 1 amide bonds. The predicted molar refractivity (Wildman–Crippen MR) is 80.0 cm³/mol. The first-order valence-corrected chi connectivity index (χ1v) is 7.85. The molecule has 0 saturated carbocycles. The zero-order chi connectivity index (χ0) is 13.9. The molecule has 1 aromatic rings. The molecular weight excluding hydrogens is 248 g/mol. The van der Waals surface area contributed by atoms with Gasteiger partial charge >= 0.3 is 0 Å². The number of carbonyl (C=O) groups excluding carboxylic acids is 1. The third-order valence-corrected chi connectivity index (χ3v) is 5.34. The average Bonchev–Trinajstić information content (AvgIpc) is 3.25. The van der Waals surface area contributed by atoms with Gasteiger partial charge in [-0.05, 0) is 36.8 Å². The lowest BCUT2D eigenvalue weighted by atomic mass is 9.79. The Balaban J connectivity index is 1.79. The topological polar surface area (TPSA) is 23.3 Å². The second-order valence-electron chi connectivity index (χ2n) is 6.78. The van der Waals surface area contributed by atoms with E-state index >= 15 is 0 Å². The van der Waals surface area contributed by atoms with Crippen molar-refractivity contribution in [1.29, 1.82) is 0 Å². The zero-order valence-electron chi connectivity index (χ0n) is 12.2. The normalized spacial score (nSPS) is 31.6. The molecular formula is C17H22N2O. The summed E-state index contributed by atoms with van der Waals surface area (Å²) in [6, 6.07) is 9.11. The Morgan fingerprint density at radius 1 is 1.20 bits per heavy atom. The van der Waals surface area contributed by atoms with Gasteiger partial charge in [-0.25, -0.2) is 0 Å². The van der Waals surface area contributed by atoms with Gasteiger partial charge in [0.25, 0.3) is 5.91 Å². The minimum absolute atomic E-state index is 0.253. The van der Waals surface area contributed by atoms with Crippen molar-refractivity contribution in [3.05, 3.63) is 29.8 Å². The van der Waals surface area contributed by atoms with Crippen LogP contribution in [0.25, 0.3) is 0 Å². The van der Waals surface area contributed by atoms with E-state index in [1.165, 1.54) is 6.42 Å². The van der Waals surface area contributed by atoms with Crippen molar-refractivity contribution < 1.29 is 4.79 Å². The first-order chi connectivity index (χ1) is 9.68. The maximum atomic E-state index is 12.9. The maximum absolute atomic E-state index is 12.9. The van der Waals surface area contributed by atoms with Crippen LogP contribution in [0.4, 0.5) is 5.69 Å². The van der Waals surface area contributed by atoms with Gasteiger partial charge in [-0.3, -0.25) is 4.79 Å². The van der Waals surface area contributed by atoms with Crippen molar-refractivity contribution in [2.75, 3.05) is 18.0 Å². The molecule has 20 heavy (non-hydrogen) atoms. The molecule has 3 aliphatic rings. The van der Waals surface area contributed by atoms with Gasteiger partial charge in [0, 0.05) is 18.8 Å². The number of rotatable bonds is 1. The molecule has 0 unspecified atom stereocenters. The van der Waals surface area contributed by atoms with Crippen LogP contribution in [0.1, 0.15) is 37.0 Å². The molecule has 4 rings (SSSR count). The van der Waals surface area contributed by atoms with Crippen molar-refractivity contribution in [2.45, 2.75) is 38.8 Å². The fraction of sp³-hybridized carbons (Fsp3) is 0.588. The Morgan fingerprint density at radius 3 is 2.80 bits per heavy atom. The minimum atomic E-state index is 0.253. The molecule has 0 radical (unpaired) electrons. The van der Waals surface area contributed by atoms with Crippen LogP contribution in [-0.4, -0.2) is 36.0 Å². The van der Waals surface area contributed by atoms with Gasteiger partial charge in [0.2, 0.25) is 0 Å². The Bertz CT molecular complexity index is 554. The maximum Gasteiger partial charge on any atom is 0.256 e. The van der Waals surface area contributed by atoms with E-state index < -0.39 is 0 Å². The van der Waals surface area contributed by atoms with E-state index in [1.807, 2.05) is 18.2 Å². The van der Waals surface area contributed by atoms with Crippen molar-refractivity contribution >= 4 is 11.6 Å². The molecule has 1 aromatic carbocycles. The summed E-state index contributed by atoms with van der Waals surface area (Å²) in [4.78, 5) is 17.5. The number of nitrogens with zero attached hydrogens (tertiary/aromatic N) is 2. The number of amides is 1. The Kier molecular flexibility index (Phi) is 2.60. The molecule has 3 atom stereocenters. The highest BCUT2D eigenvalue weighted by molar-refractivity contribution is 6.01. The summed E-state index contributed by atoms with van der Waals surface area (Å²) < 4.78 is 0. The lowest BCUT2D eigenvalue weighted by Crippen LogP contribution is -2.52. The summed E-state index contributed by atoms with van der Waals surface area (Å²) in [6.45, 7) is 6.67. The fourth-order valence-corrected chi connectivity index (χ4v) is 4.29. The zero-order valence-corrected chi connectivity index (χ0v) is 12.2. The number of piperidine rings is 1. The van der Waals surface area contributed by atoms with Crippen molar-refractivity contribution in [2.24, 2.45) is 11.8 Å². The highest BCUT2D eigenvalue weighted by Crippen LogP contribution is 2.44. The molecule has 2 fully saturated rings. The number of hydrogen-bond acceptors (Lipinski definition) is 2. The summed E-state index contributed by atoms with van der Waals surface area (Å²) in [5, 5.41) is 0. The van der Waals surface area contributed by atoms with Crippen LogP contribution in [0.15, 0.2) is 24.3 Å². The van der Waals surface area contributed by atoms with Gasteiger partial charge < -0.3 is 9.80 Å². The minimum Gasteiger partial charge on any atom is -0.362 e. The van der Waals surface area contributed by atoms with Crippen LogP contribution in [0, 0.1) is 11.8 Å². The van der Waals surface area contributed by atoms with Crippen LogP contribution in [0.5, 0.6) is 0 Å². The molecule has 3 nitrogen and oxygen atoms in total. The van der Waals surface area contributed by atoms with Crippen LogP contribution < -0.4 is 4.90 Å². The highest BCUT2D eigenvalue weighted by atomic mass is 16.2. The molecule has 2 saturated heterocycles. The second kappa shape index (κ2) is 4.24. The van der Waals surface area contributed by atoms with Crippen molar-refractivity contribution in [3.63, 3.8) is 0 Å². The number of benzene rings is 1. The molecule has 3 heteroatoms. The van der Waals surface area contributed by atoms with E-state index in [9.17, 15) is 4.79 Å². The van der Waals surface area contributed by atoms with E-state index in [4.69, 9.17) is 0 Å². The SMILES string of the molecule is CC(C)[C@@H]1CCCN2C(=O)c3ccccc3N3C[C@@H]3[C@H]12. The molecule has 3 heterocycles. The first kappa shape index (κ1) is 12.2. The summed E-state index contributed by atoms with van der Waals surface area (Å²) >= 11 is 0. The fourth-order valence-electron chi connectivity index (χ4n) is 4.29. The van der Waals surface area contributed by atoms with Crippen molar-refractivity contribution in [1.82, 2.24) is 4.90 Å². The number of anilines is 1. The van der Waals surface area contributed by atoms with Gasteiger partial charge in [-0.2, -0.15) is 0 Å². The average molecular weight is 270 g/mol. The second-order valence-corrected chi connectivity index (χ2v) is 6.78. The molecule has 106 valence electrons. The van der Waals surface area contributed by atoms with Crippen LogP contribution in [0.3, 0.4) is 0 Å².